The normalized spacial score (nSPS) is 16.0. The van der Waals surface area contributed by atoms with Crippen molar-refractivity contribution in [2.75, 3.05) is 5.32 Å². The maximum Gasteiger partial charge on any atom is 0.313 e. The van der Waals surface area contributed by atoms with Gasteiger partial charge in [0.1, 0.15) is 0 Å². The van der Waals surface area contributed by atoms with E-state index in [1.165, 1.54) is 5.56 Å². The van der Waals surface area contributed by atoms with Crippen LogP contribution < -0.4 is 10.6 Å². The molecule has 0 saturated carbocycles. The van der Waals surface area contributed by atoms with Crippen LogP contribution in [-0.4, -0.2) is 17.9 Å². The second-order valence-electron chi connectivity index (χ2n) is 5.89. The third-order valence-electron chi connectivity index (χ3n) is 4.13. The number of benzene rings is 2. The summed E-state index contributed by atoms with van der Waals surface area (Å²) in [6.45, 7) is 0. The number of carbonyl (C=O) groups is 2. The molecule has 1 atom stereocenters. The molecular weight excluding hydrogens is 333 g/mol. The molecule has 0 heterocycles. The number of nitrogens with one attached hydrogen (secondary N) is 2. The summed E-state index contributed by atoms with van der Waals surface area (Å²) in [6, 6.07) is 8.88. The second kappa shape index (κ2) is 6.96. The molecule has 3 rings (SSSR count). The zero-order chi connectivity index (χ0) is 18.0. The fourth-order valence-electron chi connectivity index (χ4n) is 2.89. The molecule has 2 aromatic carbocycles. The van der Waals surface area contributed by atoms with Crippen LogP contribution in [0, 0.1) is 17.5 Å². The first-order valence-electron chi connectivity index (χ1n) is 7.77. The van der Waals surface area contributed by atoms with Crippen LogP contribution in [-0.2, 0) is 22.4 Å². The lowest BCUT2D eigenvalue weighted by molar-refractivity contribution is -0.136. The van der Waals surface area contributed by atoms with Crippen LogP contribution in [0.4, 0.5) is 18.9 Å². The summed E-state index contributed by atoms with van der Waals surface area (Å²) >= 11 is 0. The van der Waals surface area contributed by atoms with Crippen molar-refractivity contribution in [2.24, 2.45) is 0 Å². The first-order valence-corrected chi connectivity index (χ1v) is 7.77. The average molecular weight is 348 g/mol. The first kappa shape index (κ1) is 17.0. The van der Waals surface area contributed by atoms with Crippen LogP contribution in [0.3, 0.4) is 0 Å². The Hall–Kier alpha value is -2.83. The zero-order valence-electron chi connectivity index (χ0n) is 13.1. The largest absolute Gasteiger partial charge is 0.345 e. The van der Waals surface area contributed by atoms with E-state index in [1.807, 2.05) is 24.3 Å². The summed E-state index contributed by atoms with van der Waals surface area (Å²) in [4.78, 5) is 23.9. The lowest BCUT2D eigenvalue weighted by Crippen LogP contribution is -2.44. The third kappa shape index (κ3) is 3.81. The van der Waals surface area contributed by atoms with Gasteiger partial charge < -0.3 is 10.6 Å². The van der Waals surface area contributed by atoms with Crippen LogP contribution in [0.25, 0.3) is 0 Å². The van der Waals surface area contributed by atoms with Crippen LogP contribution in [0.1, 0.15) is 17.5 Å². The van der Waals surface area contributed by atoms with Crippen molar-refractivity contribution in [3.63, 3.8) is 0 Å². The van der Waals surface area contributed by atoms with Gasteiger partial charge >= 0.3 is 11.8 Å². The van der Waals surface area contributed by atoms with E-state index < -0.39 is 29.3 Å². The fourth-order valence-corrected chi connectivity index (χ4v) is 2.89. The maximum absolute atomic E-state index is 13.1. The number of fused-ring (bicyclic) bond motifs is 1. The number of aryl methyl sites for hydroxylation is 1. The van der Waals surface area contributed by atoms with Gasteiger partial charge in [-0.05, 0) is 30.4 Å². The van der Waals surface area contributed by atoms with E-state index in [1.54, 1.807) is 0 Å². The van der Waals surface area contributed by atoms with Crippen molar-refractivity contribution in [2.45, 2.75) is 25.3 Å². The molecule has 130 valence electrons. The van der Waals surface area contributed by atoms with Crippen molar-refractivity contribution in [1.29, 1.82) is 0 Å². The number of rotatable bonds is 2. The average Bonchev–Trinajstić information content (AvgIpc) is 2.59. The summed E-state index contributed by atoms with van der Waals surface area (Å²) in [5.41, 5.74) is 2.00. The molecule has 0 unspecified atom stereocenters. The van der Waals surface area contributed by atoms with Gasteiger partial charge in [-0.3, -0.25) is 9.59 Å². The molecule has 7 heteroatoms. The number of anilines is 1. The van der Waals surface area contributed by atoms with Gasteiger partial charge in [-0.15, -0.1) is 0 Å². The molecule has 0 radical (unpaired) electrons. The van der Waals surface area contributed by atoms with Crippen molar-refractivity contribution >= 4 is 17.5 Å². The highest BCUT2D eigenvalue weighted by molar-refractivity contribution is 6.39. The SMILES string of the molecule is O=C(Nc1cc(F)c(F)c(F)c1)C(=O)N[C@H]1CCc2ccccc2C1. The molecule has 1 aliphatic carbocycles. The Morgan fingerprint density at radius 1 is 0.960 bits per heavy atom. The molecule has 0 aliphatic heterocycles. The lowest BCUT2D eigenvalue weighted by atomic mass is 9.88. The molecule has 25 heavy (non-hydrogen) atoms. The molecule has 2 aromatic rings. The summed E-state index contributed by atoms with van der Waals surface area (Å²) in [5, 5.41) is 4.67. The predicted octanol–water partition coefficient (Wildman–Crippen LogP) is 2.72. The Labute approximate surface area is 142 Å². The second-order valence-corrected chi connectivity index (χ2v) is 5.89. The minimum absolute atomic E-state index is 0.199. The first-order chi connectivity index (χ1) is 11.9. The van der Waals surface area contributed by atoms with Crippen molar-refractivity contribution in [3.8, 4) is 0 Å². The smallest absolute Gasteiger partial charge is 0.313 e. The van der Waals surface area contributed by atoms with E-state index in [2.05, 4.69) is 10.6 Å². The number of amides is 2. The van der Waals surface area contributed by atoms with Crippen molar-refractivity contribution in [1.82, 2.24) is 5.32 Å². The molecule has 4 nitrogen and oxygen atoms in total. The molecule has 0 aromatic heterocycles. The monoisotopic (exact) mass is 348 g/mol. The molecular formula is C18H15F3N2O2. The Bertz CT molecular complexity index is 816. The van der Waals surface area contributed by atoms with E-state index >= 15 is 0 Å². The molecule has 0 bridgehead atoms. The van der Waals surface area contributed by atoms with Crippen LogP contribution in [0.2, 0.25) is 0 Å². The fraction of sp³-hybridized carbons (Fsp3) is 0.222. The molecule has 2 amide bonds. The number of hydrogen-bond donors (Lipinski definition) is 2. The molecule has 0 fully saturated rings. The van der Waals surface area contributed by atoms with Crippen LogP contribution >= 0.6 is 0 Å². The van der Waals surface area contributed by atoms with Gasteiger partial charge in [0, 0.05) is 23.9 Å². The van der Waals surface area contributed by atoms with Crippen molar-refractivity contribution in [3.05, 3.63) is 65.0 Å². The van der Waals surface area contributed by atoms with Crippen LogP contribution in [0.5, 0.6) is 0 Å². The van der Waals surface area contributed by atoms with Gasteiger partial charge in [-0.1, -0.05) is 24.3 Å². The zero-order valence-corrected chi connectivity index (χ0v) is 13.1. The Balaban J connectivity index is 1.61. The number of hydrogen-bond acceptors (Lipinski definition) is 2. The number of halogens is 3. The highest BCUT2D eigenvalue weighted by Gasteiger charge is 2.23. The standard InChI is InChI=1S/C18H15F3N2O2/c19-14-8-13(9-15(20)16(14)21)23-18(25)17(24)22-12-6-5-10-3-1-2-4-11(10)7-12/h1-4,8-9,12H,5-7H2,(H,22,24)(H,23,25)/t12-/m0/s1. The summed E-state index contributed by atoms with van der Waals surface area (Å²) in [5.74, 6) is -6.50. The van der Waals surface area contributed by atoms with E-state index in [0.717, 1.165) is 12.0 Å². The predicted molar refractivity (Wildman–Crippen MR) is 85.3 cm³/mol. The summed E-state index contributed by atoms with van der Waals surface area (Å²) in [6.07, 6.45) is 2.09. The Kier molecular flexibility index (Phi) is 4.74. The Morgan fingerprint density at radius 3 is 2.28 bits per heavy atom. The van der Waals surface area contributed by atoms with Gasteiger partial charge in [0.2, 0.25) is 0 Å². The third-order valence-corrected chi connectivity index (χ3v) is 4.13. The van der Waals surface area contributed by atoms with Gasteiger partial charge in [0.15, 0.2) is 17.5 Å². The molecule has 0 spiro atoms. The van der Waals surface area contributed by atoms with Crippen LogP contribution in [0.15, 0.2) is 36.4 Å². The van der Waals surface area contributed by atoms with E-state index in [-0.39, 0.29) is 11.7 Å². The molecule has 2 N–H and O–H groups in total. The minimum atomic E-state index is -1.64. The van der Waals surface area contributed by atoms with E-state index in [9.17, 15) is 22.8 Å². The molecule has 0 saturated heterocycles. The quantitative estimate of drug-likeness (QED) is 0.648. The number of carbonyl (C=O) groups excluding carboxylic acids is 2. The minimum Gasteiger partial charge on any atom is -0.345 e. The Morgan fingerprint density at radius 2 is 1.60 bits per heavy atom. The summed E-state index contributed by atoms with van der Waals surface area (Å²) < 4.78 is 39.2. The highest BCUT2D eigenvalue weighted by Crippen LogP contribution is 2.21. The van der Waals surface area contributed by atoms with Gasteiger partial charge in [-0.2, -0.15) is 0 Å². The lowest BCUT2D eigenvalue weighted by Gasteiger charge is -2.25. The van der Waals surface area contributed by atoms with Gasteiger partial charge in [0.05, 0.1) is 0 Å². The van der Waals surface area contributed by atoms with Crippen molar-refractivity contribution < 1.29 is 22.8 Å². The maximum atomic E-state index is 13.1. The topological polar surface area (TPSA) is 58.2 Å². The summed E-state index contributed by atoms with van der Waals surface area (Å²) in [7, 11) is 0. The molecule has 1 aliphatic rings. The van der Waals surface area contributed by atoms with E-state index in [4.69, 9.17) is 0 Å². The van der Waals surface area contributed by atoms with Gasteiger partial charge in [0.25, 0.3) is 0 Å². The van der Waals surface area contributed by atoms with E-state index in [0.29, 0.717) is 25.0 Å². The van der Waals surface area contributed by atoms with Gasteiger partial charge in [-0.25, -0.2) is 13.2 Å². The highest BCUT2D eigenvalue weighted by atomic mass is 19.2.